The van der Waals surface area contributed by atoms with Crippen LogP contribution in [0, 0.1) is 0 Å². The molecule has 0 amide bonds. The van der Waals surface area contributed by atoms with E-state index in [1.807, 2.05) is 44.3 Å². The third-order valence-electron chi connectivity index (χ3n) is 2.43. The maximum atomic E-state index is 5.64. The average molecular weight is 229 g/mol. The number of aromatic nitrogens is 2. The summed E-state index contributed by atoms with van der Waals surface area (Å²) >= 11 is 0. The van der Waals surface area contributed by atoms with Crippen molar-refractivity contribution in [2.75, 3.05) is 12.4 Å². The summed E-state index contributed by atoms with van der Waals surface area (Å²) in [6, 6.07) is 9.57. The highest BCUT2D eigenvalue weighted by Gasteiger charge is 2.00. The van der Waals surface area contributed by atoms with Crippen LogP contribution in [-0.2, 0) is 6.42 Å². The summed E-state index contributed by atoms with van der Waals surface area (Å²) in [5, 5.41) is 3.06. The highest BCUT2D eigenvalue weighted by atomic mass is 16.5. The van der Waals surface area contributed by atoms with Crippen molar-refractivity contribution in [3.8, 4) is 11.6 Å². The largest absolute Gasteiger partial charge is 0.439 e. The van der Waals surface area contributed by atoms with Gasteiger partial charge in [-0.3, -0.25) is 0 Å². The van der Waals surface area contributed by atoms with Crippen LogP contribution in [0.5, 0.6) is 11.6 Å². The Hall–Kier alpha value is -2.10. The van der Waals surface area contributed by atoms with E-state index in [4.69, 9.17) is 4.74 Å². The Morgan fingerprint density at radius 3 is 2.59 bits per heavy atom. The summed E-state index contributed by atoms with van der Waals surface area (Å²) in [5.74, 6) is 1.35. The Morgan fingerprint density at radius 2 is 1.94 bits per heavy atom. The lowest BCUT2D eigenvalue weighted by Gasteiger charge is -2.06. The zero-order valence-corrected chi connectivity index (χ0v) is 9.97. The fourth-order valence-electron chi connectivity index (χ4n) is 1.44. The first-order valence-electron chi connectivity index (χ1n) is 5.58. The highest BCUT2D eigenvalue weighted by Crippen LogP contribution is 2.21. The molecule has 1 heterocycles. The number of nitrogens with one attached hydrogen (secondary N) is 1. The molecule has 2 aromatic rings. The molecule has 0 spiro atoms. The second kappa shape index (κ2) is 5.30. The van der Waals surface area contributed by atoms with Gasteiger partial charge in [-0.2, -0.15) is 0 Å². The third-order valence-corrected chi connectivity index (χ3v) is 2.43. The Bertz CT molecular complexity index is 482. The van der Waals surface area contributed by atoms with Crippen molar-refractivity contribution in [1.82, 2.24) is 9.97 Å². The molecule has 1 N–H and O–H groups in total. The molecule has 0 fully saturated rings. The second-order valence-electron chi connectivity index (χ2n) is 3.58. The van der Waals surface area contributed by atoms with E-state index in [9.17, 15) is 0 Å². The van der Waals surface area contributed by atoms with E-state index in [0.717, 1.165) is 23.6 Å². The molecule has 88 valence electrons. The van der Waals surface area contributed by atoms with Crippen molar-refractivity contribution in [1.29, 1.82) is 0 Å². The third kappa shape index (κ3) is 2.93. The Kier molecular flexibility index (Phi) is 3.55. The number of ether oxygens (including phenoxy) is 1. The van der Waals surface area contributed by atoms with Gasteiger partial charge in [0.15, 0.2) is 0 Å². The zero-order valence-electron chi connectivity index (χ0n) is 9.97. The molecule has 4 heteroatoms. The molecule has 0 saturated carbocycles. The van der Waals surface area contributed by atoms with E-state index in [2.05, 4.69) is 15.3 Å². The van der Waals surface area contributed by atoms with Crippen LogP contribution in [0.1, 0.15) is 12.6 Å². The quantitative estimate of drug-likeness (QED) is 0.875. The fraction of sp³-hybridized carbons (Fsp3) is 0.231. The van der Waals surface area contributed by atoms with Crippen LogP contribution in [0.3, 0.4) is 0 Å². The van der Waals surface area contributed by atoms with Gasteiger partial charge in [0.1, 0.15) is 12.1 Å². The van der Waals surface area contributed by atoms with E-state index in [1.165, 1.54) is 6.33 Å². The van der Waals surface area contributed by atoms with Crippen molar-refractivity contribution in [3.05, 3.63) is 42.4 Å². The molecule has 2 rings (SSSR count). The number of hydrogen-bond acceptors (Lipinski definition) is 4. The van der Waals surface area contributed by atoms with Crippen LogP contribution in [0.4, 0.5) is 5.69 Å². The summed E-state index contributed by atoms with van der Waals surface area (Å²) in [5.41, 5.74) is 2.02. The van der Waals surface area contributed by atoms with Gasteiger partial charge in [-0.05, 0) is 30.7 Å². The van der Waals surface area contributed by atoms with Crippen LogP contribution in [-0.4, -0.2) is 17.0 Å². The first-order chi connectivity index (χ1) is 8.31. The van der Waals surface area contributed by atoms with Crippen molar-refractivity contribution >= 4 is 5.69 Å². The fourth-order valence-corrected chi connectivity index (χ4v) is 1.44. The lowest BCUT2D eigenvalue weighted by molar-refractivity contribution is 0.460. The molecular formula is C13H15N3O. The predicted octanol–water partition coefficient (Wildman–Crippen LogP) is 2.87. The molecule has 0 atom stereocenters. The minimum atomic E-state index is 0.578. The van der Waals surface area contributed by atoms with Crippen LogP contribution >= 0.6 is 0 Å². The Labute approximate surface area is 101 Å². The zero-order chi connectivity index (χ0) is 12.1. The number of aryl methyl sites for hydroxylation is 1. The monoisotopic (exact) mass is 229 g/mol. The lowest BCUT2D eigenvalue weighted by Crippen LogP contribution is -1.93. The van der Waals surface area contributed by atoms with Gasteiger partial charge >= 0.3 is 0 Å². The van der Waals surface area contributed by atoms with Crippen LogP contribution < -0.4 is 10.1 Å². The molecule has 0 aliphatic heterocycles. The second-order valence-corrected chi connectivity index (χ2v) is 3.58. The molecule has 0 aliphatic carbocycles. The number of anilines is 1. The minimum absolute atomic E-state index is 0.578. The van der Waals surface area contributed by atoms with E-state index < -0.39 is 0 Å². The number of nitrogens with zero attached hydrogens (tertiary/aromatic N) is 2. The molecular weight excluding hydrogens is 214 g/mol. The summed E-state index contributed by atoms with van der Waals surface area (Å²) in [6.45, 7) is 2.05. The minimum Gasteiger partial charge on any atom is -0.439 e. The number of hydrogen-bond donors (Lipinski definition) is 1. The topological polar surface area (TPSA) is 47.0 Å². The van der Waals surface area contributed by atoms with Crippen LogP contribution in [0.15, 0.2) is 36.7 Å². The van der Waals surface area contributed by atoms with Gasteiger partial charge in [0.05, 0.1) is 0 Å². The summed E-state index contributed by atoms with van der Waals surface area (Å²) < 4.78 is 5.64. The summed E-state index contributed by atoms with van der Waals surface area (Å²) in [7, 11) is 1.88. The van der Waals surface area contributed by atoms with Gasteiger partial charge in [-0.25, -0.2) is 9.97 Å². The van der Waals surface area contributed by atoms with Gasteiger partial charge in [-0.1, -0.05) is 6.92 Å². The molecule has 0 saturated heterocycles. The maximum absolute atomic E-state index is 5.64. The van der Waals surface area contributed by atoms with E-state index >= 15 is 0 Å². The van der Waals surface area contributed by atoms with E-state index in [1.54, 1.807) is 0 Å². The van der Waals surface area contributed by atoms with Gasteiger partial charge in [-0.15, -0.1) is 0 Å². The SMILES string of the molecule is CCc1cc(Oc2ccc(NC)cc2)ncn1. The van der Waals surface area contributed by atoms with E-state index in [0.29, 0.717) is 5.88 Å². The normalized spacial score (nSPS) is 10.0. The number of benzene rings is 1. The van der Waals surface area contributed by atoms with Crippen molar-refractivity contribution in [2.45, 2.75) is 13.3 Å². The van der Waals surface area contributed by atoms with Gasteiger partial charge in [0.25, 0.3) is 0 Å². The molecule has 0 radical (unpaired) electrons. The molecule has 1 aromatic carbocycles. The van der Waals surface area contributed by atoms with Crippen LogP contribution in [0.2, 0.25) is 0 Å². The van der Waals surface area contributed by atoms with Gasteiger partial charge < -0.3 is 10.1 Å². The van der Waals surface area contributed by atoms with Crippen molar-refractivity contribution < 1.29 is 4.74 Å². The first kappa shape index (κ1) is 11.4. The predicted molar refractivity (Wildman–Crippen MR) is 67.5 cm³/mol. The first-order valence-corrected chi connectivity index (χ1v) is 5.58. The molecule has 17 heavy (non-hydrogen) atoms. The molecule has 1 aromatic heterocycles. The molecule has 0 aliphatic rings. The molecule has 4 nitrogen and oxygen atoms in total. The lowest BCUT2D eigenvalue weighted by atomic mass is 10.3. The highest BCUT2D eigenvalue weighted by molar-refractivity contribution is 5.46. The molecule has 0 bridgehead atoms. The summed E-state index contributed by atoms with van der Waals surface area (Å²) in [4.78, 5) is 8.20. The standard InChI is InChI=1S/C13H15N3O/c1-3-10-8-13(16-9-15-10)17-12-6-4-11(14-2)5-7-12/h4-9,14H,3H2,1-2H3. The smallest absolute Gasteiger partial charge is 0.222 e. The van der Waals surface area contributed by atoms with Crippen molar-refractivity contribution in [3.63, 3.8) is 0 Å². The Balaban J connectivity index is 2.13. The van der Waals surface area contributed by atoms with Gasteiger partial charge in [0, 0.05) is 24.5 Å². The Morgan fingerprint density at radius 1 is 1.18 bits per heavy atom. The number of rotatable bonds is 4. The average Bonchev–Trinajstić information content (AvgIpc) is 2.40. The van der Waals surface area contributed by atoms with Crippen molar-refractivity contribution in [2.24, 2.45) is 0 Å². The maximum Gasteiger partial charge on any atom is 0.222 e. The van der Waals surface area contributed by atoms with Crippen LogP contribution in [0.25, 0.3) is 0 Å². The van der Waals surface area contributed by atoms with Gasteiger partial charge in [0.2, 0.25) is 5.88 Å². The van der Waals surface area contributed by atoms with E-state index in [-0.39, 0.29) is 0 Å². The summed E-state index contributed by atoms with van der Waals surface area (Å²) in [6.07, 6.45) is 2.40. The molecule has 0 unspecified atom stereocenters.